The maximum absolute atomic E-state index is 5.73. The maximum Gasteiger partial charge on any atom is 0.144 e. The van der Waals surface area contributed by atoms with Crippen LogP contribution in [0.5, 0.6) is 5.75 Å². The van der Waals surface area contributed by atoms with Gasteiger partial charge in [-0.15, -0.1) is 0 Å². The standard InChI is InChI=1S/C14H16BrN3O/c1-3-16-14-8-17-12(7-18-14)9-19-13-5-4-11(15)6-10(13)2/h4-8H,3,9H2,1-2H3,(H,16,18). The van der Waals surface area contributed by atoms with Crippen molar-refractivity contribution in [2.45, 2.75) is 20.5 Å². The molecule has 1 aromatic heterocycles. The van der Waals surface area contributed by atoms with E-state index in [4.69, 9.17) is 4.74 Å². The van der Waals surface area contributed by atoms with E-state index in [2.05, 4.69) is 31.2 Å². The van der Waals surface area contributed by atoms with Gasteiger partial charge in [0.25, 0.3) is 0 Å². The van der Waals surface area contributed by atoms with Crippen molar-refractivity contribution in [2.75, 3.05) is 11.9 Å². The van der Waals surface area contributed by atoms with Gasteiger partial charge in [-0.3, -0.25) is 4.98 Å². The molecule has 0 aliphatic heterocycles. The third-order valence-electron chi connectivity index (χ3n) is 2.58. The van der Waals surface area contributed by atoms with Crippen molar-refractivity contribution in [3.63, 3.8) is 0 Å². The molecule has 0 bridgehead atoms. The molecule has 0 amide bonds. The first-order valence-corrected chi connectivity index (χ1v) is 6.92. The summed E-state index contributed by atoms with van der Waals surface area (Å²) in [5, 5.41) is 3.10. The van der Waals surface area contributed by atoms with Gasteiger partial charge in [-0.25, -0.2) is 4.98 Å². The molecular formula is C14H16BrN3O. The number of benzene rings is 1. The number of hydrogen-bond acceptors (Lipinski definition) is 4. The van der Waals surface area contributed by atoms with Crippen LogP contribution in [0.4, 0.5) is 5.82 Å². The highest BCUT2D eigenvalue weighted by Gasteiger charge is 2.02. The van der Waals surface area contributed by atoms with Gasteiger partial charge < -0.3 is 10.1 Å². The van der Waals surface area contributed by atoms with Gasteiger partial charge in [0.2, 0.25) is 0 Å². The number of nitrogens with zero attached hydrogens (tertiary/aromatic N) is 2. The molecule has 0 fully saturated rings. The first-order valence-electron chi connectivity index (χ1n) is 6.12. The average Bonchev–Trinajstić information content (AvgIpc) is 2.40. The number of nitrogens with one attached hydrogen (secondary N) is 1. The zero-order chi connectivity index (χ0) is 13.7. The van der Waals surface area contributed by atoms with Crippen LogP contribution >= 0.6 is 15.9 Å². The number of aromatic nitrogens is 2. The Morgan fingerprint density at radius 2 is 2.11 bits per heavy atom. The Hall–Kier alpha value is -1.62. The summed E-state index contributed by atoms with van der Waals surface area (Å²) in [6, 6.07) is 5.93. The quantitative estimate of drug-likeness (QED) is 0.914. The fourth-order valence-electron chi connectivity index (χ4n) is 1.63. The van der Waals surface area contributed by atoms with Crippen LogP contribution < -0.4 is 10.1 Å². The molecule has 100 valence electrons. The van der Waals surface area contributed by atoms with Crippen molar-refractivity contribution in [1.29, 1.82) is 0 Å². The van der Waals surface area contributed by atoms with E-state index in [0.29, 0.717) is 6.61 Å². The van der Waals surface area contributed by atoms with E-state index in [-0.39, 0.29) is 0 Å². The van der Waals surface area contributed by atoms with Crippen molar-refractivity contribution in [1.82, 2.24) is 9.97 Å². The van der Waals surface area contributed by atoms with E-state index >= 15 is 0 Å². The van der Waals surface area contributed by atoms with E-state index < -0.39 is 0 Å². The molecule has 1 aromatic carbocycles. The topological polar surface area (TPSA) is 47.0 Å². The molecule has 0 spiro atoms. The zero-order valence-electron chi connectivity index (χ0n) is 11.0. The van der Waals surface area contributed by atoms with Crippen LogP contribution in [0.3, 0.4) is 0 Å². The summed E-state index contributed by atoms with van der Waals surface area (Å²) in [5.41, 5.74) is 1.90. The Labute approximate surface area is 121 Å². The Bertz CT molecular complexity index is 543. The minimum atomic E-state index is 0.419. The van der Waals surface area contributed by atoms with Gasteiger partial charge in [0, 0.05) is 11.0 Å². The maximum atomic E-state index is 5.73. The molecule has 1 N–H and O–H groups in total. The van der Waals surface area contributed by atoms with Crippen LogP contribution in [0.2, 0.25) is 0 Å². The third-order valence-corrected chi connectivity index (χ3v) is 3.07. The Balaban J connectivity index is 1.98. The molecule has 19 heavy (non-hydrogen) atoms. The second-order valence-electron chi connectivity index (χ2n) is 4.12. The van der Waals surface area contributed by atoms with Gasteiger partial charge in [-0.05, 0) is 37.6 Å². The predicted octanol–water partition coefficient (Wildman–Crippen LogP) is 3.56. The molecule has 1 heterocycles. The van der Waals surface area contributed by atoms with Crippen LogP contribution in [0.15, 0.2) is 35.1 Å². The lowest BCUT2D eigenvalue weighted by molar-refractivity contribution is 0.298. The van der Waals surface area contributed by atoms with E-state index in [9.17, 15) is 0 Å². The molecule has 0 saturated heterocycles. The van der Waals surface area contributed by atoms with Gasteiger partial charge in [0.1, 0.15) is 18.2 Å². The molecule has 0 atom stereocenters. The Morgan fingerprint density at radius 1 is 1.26 bits per heavy atom. The van der Waals surface area contributed by atoms with Crippen molar-refractivity contribution in [2.24, 2.45) is 0 Å². The summed E-state index contributed by atoms with van der Waals surface area (Å²) < 4.78 is 6.78. The lowest BCUT2D eigenvalue weighted by Gasteiger charge is -2.09. The summed E-state index contributed by atoms with van der Waals surface area (Å²) in [6.45, 7) is 5.29. The van der Waals surface area contributed by atoms with Crippen molar-refractivity contribution in [3.05, 3.63) is 46.3 Å². The average molecular weight is 322 g/mol. The van der Waals surface area contributed by atoms with Crippen molar-refractivity contribution >= 4 is 21.7 Å². The van der Waals surface area contributed by atoms with Gasteiger partial charge in [0.15, 0.2) is 0 Å². The lowest BCUT2D eigenvalue weighted by atomic mass is 10.2. The first-order chi connectivity index (χ1) is 9.19. The molecule has 0 unspecified atom stereocenters. The number of ether oxygens (including phenoxy) is 1. The molecule has 0 aliphatic rings. The van der Waals surface area contributed by atoms with E-state index in [1.807, 2.05) is 32.0 Å². The Morgan fingerprint density at radius 3 is 2.74 bits per heavy atom. The summed E-state index contributed by atoms with van der Waals surface area (Å²) in [4.78, 5) is 8.56. The molecule has 0 aliphatic carbocycles. The van der Waals surface area contributed by atoms with Gasteiger partial charge in [-0.1, -0.05) is 15.9 Å². The van der Waals surface area contributed by atoms with Crippen LogP contribution in [0, 0.1) is 6.92 Å². The summed E-state index contributed by atoms with van der Waals surface area (Å²) in [6.07, 6.45) is 3.45. The van der Waals surface area contributed by atoms with Crippen LogP contribution in [0.1, 0.15) is 18.2 Å². The van der Waals surface area contributed by atoms with Crippen LogP contribution in [0.25, 0.3) is 0 Å². The summed E-state index contributed by atoms with van der Waals surface area (Å²) >= 11 is 3.43. The fourth-order valence-corrected chi connectivity index (χ4v) is 2.10. The van der Waals surface area contributed by atoms with Crippen molar-refractivity contribution in [3.8, 4) is 5.75 Å². The third kappa shape index (κ3) is 3.92. The second-order valence-corrected chi connectivity index (χ2v) is 5.04. The Kier molecular flexibility index (Phi) is 4.74. The molecule has 4 nitrogen and oxygen atoms in total. The molecule has 0 saturated carbocycles. The largest absolute Gasteiger partial charge is 0.487 e. The highest BCUT2D eigenvalue weighted by atomic mass is 79.9. The summed E-state index contributed by atoms with van der Waals surface area (Å²) in [7, 11) is 0. The second kappa shape index (κ2) is 6.52. The molecule has 0 radical (unpaired) electrons. The monoisotopic (exact) mass is 321 g/mol. The predicted molar refractivity (Wildman–Crippen MR) is 79.4 cm³/mol. The van der Waals surface area contributed by atoms with Gasteiger partial charge >= 0.3 is 0 Å². The highest BCUT2D eigenvalue weighted by molar-refractivity contribution is 9.10. The van der Waals surface area contributed by atoms with Crippen molar-refractivity contribution < 1.29 is 4.74 Å². The molecule has 2 aromatic rings. The summed E-state index contributed by atoms with van der Waals surface area (Å²) in [5.74, 6) is 1.65. The number of anilines is 1. The molecule has 5 heteroatoms. The van der Waals surface area contributed by atoms with Gasteiger partial charge in [-0.2, -0.15) is 0 Å². The number of rotatable bonds is 5. The highest BCUT2D eigenvalue weighted by Crippen LogP contribution is 2.22. The first kappa shape index (κ1) is 13.8. The number of hydrogen-bond donors (Lipinski definition) is 1. The SMILES string of the molecule is CCNc1cnc(COc2ccc(Br)cc2C)cn1. The van der Waals surface area contributed by atoms with E-state index in [0.717, 1.165) is 33.8 Å². The fraction of sp³-hybridized carbons (Fsp3) is 0.286. The van der Waals surface area contributed by atoms with E-state index in [1.165, 1.54) is 0 Å². The minimum absolute atomic E-state index is 0.419. The number of halogens is 1. The minimum Gasteiger partial charge on any atom is -0.487 e. The van der Waals surface area contributed by atoms with E-state index in [1.54, 1.807) is 12.4 Å². The van der Waals surface area contributed by atoms with Crippen LogP contribution in [-0.4, -0.2) is 16.5 Å². The molecule has 2 rings (SSSR count). The lowest BCUT2D eigenvalue weighted by Crippen LogP contribution is -2.03. The molecular weight excluding hydrogens is 306 g/mol. The smallest absolute Gasteiger partial charge is 0.144 e. The normalized spacial score (nSPS) is 10.3. The zero-order valence-corrected chi connectivity index (χ0v) is 12.6. The van der Waals surface area contributed by atoms with Crippen LogP contribution in [-0.2, 0) is 6.61 Å². The number of aryl methyl sites for hydroxylation is 1. The van der Waals surface area contributed by atoms with Gasteiger partial charge in [0.05, 0.1) is 18.1 Å².